The van der Waals surface area contributed by atoms with Crippen molar-refractivity contribution in [3.8, 4) is 11.5 Å². The second kappa shape index (κ2) is 7.41. The summed E-state index contributed by atoms with van der Waals surface area (Å²) >= 11 is 6.80. The van der Waals surface area contributed by atoms with Crippen LogP contribution >= 0.6 is 31.9 Å². The van der Waals surface area contributed by atoms with E-state index < -0.39 is 5.97 Å². The SMILES string of the molecule is COc1ccc(Br)cc1/C=C1\N=C(c2cc(Br)ccc2OC)OC1=O. The molecule has 0 unspecified atom stereocenters. The van der Waals surface area contributed by atoms with Crippen molar-refractivity contribution in [1.29, 1.82) is 0 Å². The first-order chi connectivity index (χ1) is 12.0. The molecular formula is C18H13Br2NO4. The van der Waals surface area contributed by atoms with Crippen molar-refractivity contribution in [3.63, 3.8) is 0 Å². The van der Waals surface area contributed by atoms with Crippen molar-refractivity contribution < 1.29 is 19.0 Å². The minimum atomic E-state index is -0.529. The van der Waals surface area contributed by atoms with E-state index in [-0.39, 0.29) is 11.6 Å². The fourth-order valence-corrected chi connectivity index (χ4v) is 3.08. The number of benzene rings is 2. The van der Waals surface area contributed by atoms with Crippen molar-refractivity contribution in [3.05, 3.63) is 62.2 Å². The molecule has 0 bridgehead atoms. The molecule has 0 N–H and O–H groups in total. The normalized spacial score (nSPS) is 15.1. The highest BCUT2D eigenvalue weighted by atomic mass is 79.9. The van der Waals surface area contributed by atoms with E-state index in [0.717, 1.165) is 14.5 Å². The van der Waals surface area contributed by atoms with Crippen LogP contribution in [0.4, 0.5) is 0 Å². The van der Waals surface area contributed by atoms with E-state index in [1.165, 1.54) is 0 Å². The Labute approximate surface area is 161 Å². The number of esters is 1. The van der Waals surface area contributed by atoms with Crippen LogP contribution in [0.1, 0.15) is 11.1 Å². The number of rotatable bonds is 4. The first-order valence-electron chi connectivity index (χ1n) is 7.22. The summed E-state index contributed by atoms with van der Waals surface area (Å²) in [4.78, 5) is 16.5. The highest BCUT2D eigenvalue weighted by Gasteiger charge is 2.26. The van der Waals surface area contributed by atoms with Gasteiger partial charge >= 0.3 is 5.97 Å². The fourth-order valence-electron chi connectivity index (χ4n) is 2.34. The van der Waals surface area contributed by atoms with Gasteiger partial charge in [0.2, 0.25) is 5.90 Å². The van der Waals surface area contributed by atoms with Crippen molar-refractivity contribution >= 4 is 49.8 Å². The van der Waals surface area contributed by atoms with Crippen molar-refractivity contribution in [1.82, 2.24) is 0 Å². The van der Waals surface area contributed by atoms with E-state index in [0.29, 0.717) is 17.1 Å². The van der Waals surface area contributed by atoms with E-state index in [9.17, 15) is 4.79 Å². The minimum Gasteiger partial charge on any atom is -0.496 e. The molecule has 128 valence electrons. The molecule has 3 rings (SSSR count). The summed E-state index contributed by atoms with van der Waals surface area (Å²) in [5.41, 5.74) is 1.50. The average molecular weight is 467 g/mol. The van der Waals surface area contributed by atoms with Gasteiger partial charge in [0.1, 0.15) is 11.5 Å². The van der Waals surface area contributed by atoms with Gasteiger partial charge < -0.3 is 14.2 Å². The summed E-state index contributed by atoms with van der Waals surface area (Å²) in [6.07, 6.45) is 1.63. The summed E-state index contributed by atoms with van der Waals surface area (Å²) < 4.78 is 17.6. The summed E-state index contributed by atoms with van der Waals surface area (Å²) in [7, 11) is 3.12. The van der Waals surface area contributed by atoms with Crippen molar-refractivity contribution in [2.75, 3.05) is 14.2 Å². The van der Waals surface area contributed by atoms with Gasteiger partial charge in [-0.1, -0.05) is 31.9 Å². The van der Waals surface area contributed by atoms with Gasteiger partial charge in [0.05, 0.1) is 19.8 Å². The van der Waals surface area contributed by atoms with E-state index >= 15 is 0 Å². The molecule has 1 aliphatic rings. The Balaban J connectivity index is 2.04. The topological polar surface area (TPSA) is 57.1 Å². The summed E-state index contributed by atoms with van der Waals surface area (Å²) in [5.74, 6) is 0.866. The molecule has 0 saturated heterocycles. The van der Waals surface area contributed by atoms with E-state index in [2.05, 4.69) is 36.9 Å². The Hall–Kier alpha value is -2.12. The van der Waals surface area contributed by atoms with Crippen molar-refractivity contribution in [2.45, 2.75) is 0 Å². The number of aliphatic imine (C=N–C) groups is 1. The van der Waals surface area contributed by atoms with Crippen LogP contribution in [0, 0.1) is 0 Å². The maximum atomic E-state index is 12.2. The van der Waals surface area contributed by atoms with Crippen LogP contribution in [-0.4, -0.2) is 26.1 Å². The molecule has 2 aromatic rings. The molecule has 0 radical (unpaired) electrons. The second-order valence-electron chi connectivity index (χ2n) is 5.07. The van der Waals surface area contributed by atoms with Crippen LogP contribution in [-0.2, 0) is 9.53 Å². The Kier molecular flexibility index (Phi) is 5.24. The first-order valence-corrected chi connectivity index (χ1v) is 8.80. The predicted octanol–water partition coefficient (Wildman–Crippen LogP) is 4.57. The zero-order chi connectivity index (χ0) is 18.0. The highest BCUT2D eigenvalue weighted by molar-refractivity contribution is 9.10. The molecule has 5 nitrogen and oxygen atoms in total. The molecule has 0 atom stereocenters. The largest absolute Gasteiger partial charge is 0.496 e. The fraction of sp³-hybridized carbons (Fsp3) is 0.111. The number of nitrogens with zero attached hydrogens (tertiary/aromatic N) is 1. The molecule has 0 spiro atoms. The Bertz CT molecular complexity index is 906. The molecule has 2 aromatic carbocycles. The Morgan fingerprint density at radius 1 is 1.00 bits per heavy atom. The Morgan fingerprint density at radius 2 is 1.64 bits per heavy atom. The molecule has 25 heavy (non-hydrogen) atoms. The number of ether oxygens (including phenoxy) is 3. The molecule has 0 amide bonds. The number of cyclic esters (lactones) is 1. The van der Waals surface area contributed by atoms with Crippen LogP contribution in [0.5, 0.6) is 11.5 Å². The zero-order valence-electron chi connectivity index (χ0n) is 13.4. The van der Waals surface area contributed by atoms with Gasteiger partial charge in [-0.25, -0.2) is 9.79 Å². The van der Waals surface area contributed by atoms with Gasteiger partial charge in [0.15, 0.2) is 5.70 Å². The maximum Gasteiger partial charge on any atom is 0.363 e. The lowest BCUT2D eigenvalue weighted by Gasteiger charge is -2.07. The molecule has 0 aliphatic carbocycles. The van der Waals surface area contributed by atoms with Gasteiger partial charge in [-0.15, -0.1) is 0 Å². The van der Waals surface area contributed by atoms with Crippen LogP contribution in [0.3, 0.4) is 0 Å². The number of carbonyl (C=O) groups is 1. The van der Waals surface area contributed by atoms with Gasteiger partial charge in [0.25, 0.3) is 0 Å². The lowest BCUT2D eigenvalue weighted by Crippen LogP contribution is -2.07. The number of hydrogen-bond acceptors (Lipinski definition) is 5. The lowest BCUT2D eigenvalue weighted by atomic mass is 10.1. The number of halogens is 2. The molecule has 7 heteroatoms. The van der Waals surface area contributed by atoms with Crippen LogP contribution in [0.25, 0.3) is 6.08 Å². The van der Waals surface area contributed by atoms with Gasteiger partial charge in [-0.3, -0.25) is 0 Å². The lowest BCUT2D eigenvalue weighted by molar-refractivity contribution is -0.129. The first kappa shape index (κ1) is 17.7. The quantitative estimate of drug-likeness (QED) is 0.489. The number of hydrogen-bond donors (Lipinski definition) is 0. The maximum absolute atomic E-state index is 12.2. The molecule has 0 saturated carbocycles. The molecule has 0 aromatic heterocycles. The van der Waals surface area contributed by atoms with Crippen LogP contribution in [0.2, 0.25) is 0 Å². The predicted molar refractivity (Wildman–Crippen MR) is 102 cm³/mol. The molecule has 0 fully saturated rings. The monoisotopic (exact) mass is 465 g/mol. The Morgan fingerprint density at radius 3 is 2.32 bits per heavy atom. The summed E-state index contributed by atoms with van der Waals surface area (Å²) in [5, 5.41) is 0. The third kappa shape index (κ3) is 3.77. The molecule has 1 aliphatic heterocycles. The second-order valence-corrected chi connectivity index (χ2v) is 6.90. The standard InChI is InChI=1S/C18H13Br2NO4/c1-23-15-5-3-11(19)7-10(15)8-14-18(22)25-17(21-14)13-9-12(20)4-6-16(13)24-2/h3-9H,1-2H3/b14-8-. The third-order valence-electron chi connectivity index (χ3n) is 3.50. The van der Waals surface area contributed by atoms with E-state index in [1.54, 1.807) is 38.5 Å². The van der Waals surface area contributed by atoms with Gasteiger partial charge in [0, 0.05) is 14.5 Å². The number of carbonyl (C=O) groups excluding carboxylic acids is 1. The van der Waals surface area contributed by atoms with E-state index in [1.807, 2.05) is 18.2 Å². The average Bonchev–Trinajstić information content (AvgIpc) is 2.96. The van der Waals surface area contributed by atoms with E-state index in [4.69, 9.17) is 14.2 Å². The number of methoxy groups -OCH3 is 2. The van der Waals surface area contributed by atoms with Crippen LogP contribution < -0.4 is 9.47 Å². The summed E-state index contributed by atoms with van der Waals surface area (Å²) in [6.45, 7) is 0. The minimum absolute atomic E-state index is 0.188. The third-order valence-corrected chi connectivity index (χ3v) is 4.48. The van der Waals surface area contributed by atoms with Gasteiger partial charge in [-0.2, -0.15) is 0 Å². The van der Waals surface area contributed by atoms with Crippen LogP contribution in [0.15, 0.2) is 56.0 Å². The summed E-state index contributed by atoms with van der Waals surface area (Å²) in [6, 6.07) is 10.9. The van der Waals surface area contributed by atoms with Crippen molar-refractivity contribution in [2.24, 2.45) is 4.99 Å². The van der Waals surface area contributed by atoms with Gasteiger partial charge in [-0.05, 0) is 42.5 Å². The smallest absolute Gasteiger partial charge is 0.363 e. The molecular weight excluding hydrogens is 454 g/mol. The highest BCUT2D eigenvalue weighted by Crippen LogP contribution is 2.30. The molecule has 1 heterocycles. The zero-order valence-corrected chi connectivity index (χ0v) is 16.5.